The highest BCUT2D eigenvalue weighted by molar-refractivity contribution is 5.96. The molecular weight excluding hydrogens is 254 g/mol. The number of nitrogen functional groups attached to an aromatic ring is 1. The Morgan fingerprint density at radius 1 is 1.25 bits per heavy atom. The second-order valence-corrected chi connectivity index (χ2v) is 4.92. The van der Waals surface area contributed by atoms with Gasteiger partial charge in [0.1, 0.15) is 0 Å². The van der Waals surface area contributed by atoms with Gasteiger partial charge < -0.3 is 16.4 Å². The maximum absolute atomic E-state index is 11.8. The van der Waals surface area contributed by atoms with Crippen LogP contribution in [0.3, 0.4) is 0 Å². The molecule has 1 unspecified atom stereocenters. The summed E-state index contributed by atoms with van der Waals surface area (Å²) in [4.78, 5) is 23.4. The van der Waals surface area contributed by atoms with Gasteiger partial charge in [-0.3, -0.25) is 9.59 Å². The number of amides is 2. The number of carbonyl (C=O) groups excluding carboxylic acids is 2. The SMILES string of the molecule is CCCCC(C)NC(=O)CNC(=O)c1ccc(N)cc1. The second-order valence-electron chi connectivity index (χ2n) is 4.92. The molecule has 1 rings (SSSR count). The summed E-state index contributed by atoms with van der Waals surface area (Å²) in [7, 11) is 0. The van der Waals surface area contributed by atoms with Crippen molar-refractivity contribution in [3.8, 4) is 0 Å². The molecule has 2 amide bonds. The molecular formula is C15H23N3O2. The Morgan fingerprint density at radius 3 is 2.50 bits per heavy atom. The third-order valence-corrected chi connectivity index (χ3v) is 2.98. The number of nitrogens with two attached hydrogens (primary N) is 1. The van der Waals surface area contributed by atoms with Crippen molar-refractivity contribution in [2.75, 3.05) is 12.3 Å². The van der Waals surface area contributed by atoms with Crippen LogP contribution in [0.25, 0.3) is 0 Å². The zero-order valence-corrected chi connectivity index (χ0v) is 12.1. The summed E-state index contributed by atoms with van der Waals surface area (Å²) in [6.45, 7) is 4.07. The van der Waals surface area contributed by atoms with Gasteiger partial charge >= 0.3 is 0 Å². The molecule has 110 valence electrons. The van der Waals surface area contributed by atoms with Crippen LogP contribution in [0.4, 0.5) is 5.69 Å². The van der Waals surface area contributed by atoms with Gasteiger partial charge in [-0.25, -0.2) is 0 Å². The molecule has 0 spiro atoms. The minimum absolute atomic E-state index is 0.0142. The van der Waals surface area contributed by atoms with Crippen molar-refractivity contribution in [1.29, 1.82) is 0 Å². The maximum atomic E-state index is 11.8. The number of unbranched alkanes of at least 4 members (excludes halogenated alkanes) is 1. The van der Waals surface area contributed by atoms with Crippen LogP contribution < -0.4 is 16.4 Å². The number of anilines is 1. The van der Waals surface area contributed by atoms with Crippen LogP contribution in [0.15, 0.2) is 24.3 Å². The Morgan fingerprint density at radius 2 is 1.90 bits per heavy atom. The monoisotopic (exact) mass is 277 g/mol. The Kier molecular flexibility index (Phi) is 6.56. The minimum atomic E-state index is -0.277. The van der Waals surface area contributed by atoms with Crippen molar-refractivity contribution in [2.45, 2.75) is 39.2 Å². The van der Waals surface area contributed by atoms with Gasteiger partial charge in [-0.15, -0.1) is 0 Å². The number of nitrogens with one attached hydrogen (secondary N) is 2. The van der Waals surface area contributed by atoms with E-state index in [1.165, 1.54) is 0 Å². The van der Waals surface area contributed by atoms with E-state index in [-0.39, 0.29) is 24.4 Å². The molecule has 20 heavy (non-hydrogen) atoms. The molecule has 0 saturated carbocycles. The van der Waals surface area contributed by atoms with E-state index in [9.17, 15) is 9.59 Å². The zero-order chi connectivity index (χ0) is 15.0. The molecule has 0 saturated heterocycles. The van der Waals surface area contributed by atoms with E-state index in [1.807, 2.05) is 6.92 Å². The standard InChI is InChI=1S/C15H23N3O2/c1-3-4-5-11(2)18-14(19)10-17-15(20)12-6-8-13(16)9-7-12/h6-9,11H,3-5,10,16H2,1-2H3,(H,17,20)(H,18,19). The van der Waals surface area contributed by atoms with Gasteiger partial charge in [0, 0.05) is 17.3 Å². The first-order chi connectivity index (χ1) is 9.52. The van der Waals surface area contributed by atoms with Crippen molar-refractivity contribution in [3.05, 3.63) is 29.8 Å². The van der Waals surface area contributed by atoms with Gasteiger partial charge in [0.15, 0.2) is 0 Å². The van der Waals surface area contributed by atoms with E-state index in [2.05, 4.69) is 17.6 Å². The minimum Gasteiger partial charge on any atom is -0.399 e. The van der Waals surface area contributed by atoms with Gasteiger partial charge in [-0.05, 0) is 37.6 Å². The van der Waals surface area contributed by atoms with Crippen LogP contribution in [-0.4, -0.2) is 24.4 Å². The van der Waals surface area contributed by atoms with Crippen molar-refractivity contribution in [2.24, 2.45) is 0 Å². The number of hydrogen-bond donors (Lipinski definition) is 3. The van der Waals surface area contributed by atoms with Crippen LogP contribution >= 0.6 is 0 Å². The summed E-state index contributed by atoms with van der Waals surface area (Å²) < 4.78 is 0. The van der Waals surface area contributed by atoms with Crippen LogP contribution in [-0.2, 0) is 4.79 Å². The van der Waals surface area contributed by atoms with Gasteiger partial charge in [0.2, 0.25) is 5.91 Å². The Bertz CT molecular complexity index is 443. The first-order valence-corrected chi connectivity index (χ1v) is 6.96. The zero-order valence-electron chi connectivity index (χ0n) is 12.1. The Balaban J connectivity index is 2.33. The largest absolute Gasteiger partial charge is 0.399 e. The van der Waals surface area contributed by atoms with Gasteiger partial charge in [-0.2, -0.15) is 0 Å². The molecule has 5 heteroatoms. The summed E-state index contributed by atoms with van der Waals surface area (Å²) in [5.41, 5.74) is 6.64. The van der Waals surface area contributed by atoms with Crippen LogP contribution in [0.1, 0.15) is 43.5 Å². The quantitative estimate of drug-likeness (QED) is 0.663. The summed E-state index contributed by atoms with van der Waals surface area (Å²) in [5, 5.41) is 5.44. The molecule has 0 aliphatic heterocycles. The first kappa shape index (κ1) is 16.0. The smallest absolute Gasteiger partial charge is 0.251 e. The second kappa shape index (κ2) is 8.19. The van der Waals surface area contributed by atoms with Crippen molar-refractivity contribution >= 4 is 17.5 Å². The molecule has 5 nitrogen and oxygen atoms in total. The van der Waals surface area contributed by atoms with Crippen molar-refractivity contribution in [1.82, 2.24) is 10.6 Å². The predicted molar refractivity (Wildman–Crippen MR) is 80.3 cm³/mol. The fourth-order valence-corrected chi connectivity index (χ4v) is 1.81. The molecule has 0 bridgehead atoms. The summed E-state index contributed by atoms with van der Waals surface area (Å²) >= 11 is 0. The van der Waals surface area contributed by atoms with Crippen LogP contribution in [0.5, 0.6) is 0 Å². The molecule has 0 heterocycles. The van der Waals surface area contributed by atoms with E-state index in [1.54, 1.807) is 24.3 Å². The van der Waals surface area contributed by atoms with E-state index >= 15 is 0 Å². The average molecular weight is 277 g/mol. The molecule has 0 fully saturated rings. The molecule has 0 aromatic heterocycles. The number of benzene rings is 1. The first-order valence-electron chi connectivity index (χ1n) is 6.96. The van der Waals surface area contributed by atoms with E-state index in [0.717, 1.165) is 19.3 Å². The summed E-state index contributed by atoms with van der Waals surface area (Å²) in [6, 6.07) is 6.71. The van der Waals surface area contributed by atoms with Crippen molar-refractivity contribution in [3.63, 3.8) is 0 Å². The molecule has 4 N–H and O–H groups in total. The molecule has 1 aromatic rings. The molecule has 1 aromatic carbocycles. The van der Waals surface area contributed by atoms with E-state index in [4.69, 9.17) is 5.73 Å². The third kappa shape index (κ3) is 5.73. The Hall–Kier alpha value is -2.04. The van der Waals surface area contributed by atoms with Crippen LogP contribution in [0, 0.1) is 0 Å². The lowest BCUT2D eigenvalue weighted by atomic mass is 10.1. The highest BCUT2D eigenvalue weighted by Crippen LogP contribution is 2.05. The van der Waals surface area contributed by atoms with Crippen LogP contribution in [0.2, 0.25) is 0 Å². The molecule has 0 aliphatic rings. The predicted octanol–water partition coefficient (Wildman–Crippen LogP) is 1.69. The van der Waals surface area contributed by atoms with Gasteiger partial charge in [-0.1, -0.05) is 19.8 Å². The number of rotatable bonds is 7. The summed E-state index contributed by atoms with van der Waals surface area (Å²) in [6.07, 6.45) is 3.14. The van der Waals surface area contributed by atoms with E-state index in [0.29, 0.717) is 11.3 Å². The molecule has 0 aliphatic carbocycles. The number of hydrogen-bond acceptors (Lipinski definition) is 3. The van der Waals surface area contributed by atoms with Gasteiger partial charge in [0.25, 0.3) is 5.91 Å². The van der Waals surface area contributed by atoms with E-state index < -0.39 is 0 Å². The maximum Gasteiger partial charge on any atom is 0.251 e. The summed E-state index contributed by atoms with van der Waals surface area (Å²) in [5.74, 6) is -0.446. The topological polar surface area (TPSA) is 84.2 Å². The third-order valence-electron chi connectivity index (χ3n) is 2.98. The fourth-order valence-electron chi connectivity index (χ4n) is 1.81. The average Bonchev–Trinajstić information content (AvgIpc) is 2.43. The highest BCUT2D eigenvalue weighted by atomic mass is 16.2. The lowest BCUT2D eigenvalue weighted by molar-refractivity contribution is -0.120. The molecule has 1 atom stereocenters. The van der Waals surface area contributed by atoms with Gasteiger partial charge in [0.05, 0.1) is 6.54 Å². The number of carbonyl (C=O) groups is 2. The Labute approximate surface area is 119 Å². The van der Waals surface area contributed by atoms with Crippen molar-refractivity contribution < 1.29 is 9.59 Å². The highest BCUT2D eigenvalue weighted by Gasteiger charge is 2.09. The lowest BCUT2D eigenvalue weighted by Gasteiger charge is -2.13. The normalized spacial score (nSPS) is 11.7. The molecule has 0 radical (unpaired) electrons. The fraction of sp³-hybridized carbons (Fsp3) is 0.467. The lowest BCUT2D eigenvalue weighted by Crippen LogP contribution is -2.40.